The molecule has 1 aliphatic rings. The van der Waals surface area contributed by atoms with Gasteiger partial charge in [0.2, 0.25) is 0 Å². The molecule has 0 aliphatic carbocycles. The quantitative estimate of drug-likeness (QED) is 0.802. The van der Waals surface area contributed by atoms with Gasteiger partial charge in [-0.3, -0.25) is 0 Å². The van der Waals surface area contributed by atoms with Gasteiger partial charge in [0.25, 0.3) is 0 Å². The van der Waals surface area contributed by atoms with Crippen LogP contribution in [-0.2, 0) is 6.18 Å². The third-order valence-electron chi connectivity index (χ3n) is 4.41. The molecule has 0 aromatic heterocycles. The van der Waals surface area contributed by atoms with Gasteiger partial charge in [-0.15, -0.1) is 0 Å². The maximum absolute atomic E-state index is 13.1. The number of halogens is 3. The summed E-state index contributed by atoms with van der Waals surface area (Å²) in [6, 6.07) is 4.38. The Morgan fingerprint density at radius 2 is 1.67 bits per heavy atom. The topological polar surface area (TPSA) is 58.4 Å². The number of anilines is 1. The van der Waals surface area contributed by atoms with E-state index in [1.807, 2.05) is 27.7 Å². The Morgan fingerprint density at radius 1 is 1.17 bits per heavy atom. The number of likely N-dealkylation sites (tertiary alicyclic amines) is 1. The van der Waals surface area contributed by atoms with Crippen molar-refractivity contribution in [3.8, 4) is 0 Å². The van der Waals surface area contributed by atoms with E-state index in [4.69, 9.17) is 5.73 Å². The highest BCUT2D eigenvalue weighted by atomic mass is 19.4. The highest BCUT2D eigenvalue weighted by Crippen LogP contribution is 2.39. The van der Waals surface area contributed by atoms with Crippen LogP contribution in [0, 0.1) is 0 Å². The minimum atomic E-state index is -4.53. The van der Waals surface area contributed by atoms with Gasteiger partial charge in [-0.1, -0.05) is 12.1 Å². The molecule has 2 rings (SSSR count). The third-order valence-corrected chi connectivity index (χ3v) is 4.41. The Hall–Kier alpha value is -1.76. The summed E-state index contributed by atoms with van der Waals surface area (Å²) >= 11 is 0. The monoisotopic (exact) mass is 343 g/mol. The molecule has 7 heteroatoms. The Labute approximate surface area is 140 Å². The fourth-order valence-corrected chi connectivity index (χ4v) is 3.92. The second-order valence-corrected chi connectivity index (χ2v) is 7.60. The van der Waals surface area contributed by atoms with Crippen LogP contribution in [0.2, 0.25) is 0 Å². The van der Waals surface area contributed by atoms with Crippen LogP contribution in [0.3, 0.4) is 0 Å². The zero-order valence-electron chi connectivity index (χ0n) is 14.4. The highest BCUT2D eigenvalue weighted by molar-refractivity contribution is 5.91. The molecule has 3 N–H and O–H groups in total. The van der Waals surface area contributed by atoms with Crippen LogP contribution in [0.5, 0.6) is 0 Å². The Balaban J connectivity index is 2.33. The first-order valence-corrected chi connectivity index (χ1v) is 7.88. The molecule has 1 aromatic rings. The van der Waals surface area contributed by atoms with E-state index in [0.717, 1.165) is 6.07 Å². The molecule has 134 valence electrons. The number of urea groups is 1. The molecule has 4 nitrogen and oxygen atoms in total. The molecule has 0 unspecified atom stereocenters. The molecule has 1 saturated heterocycles. The lowest BCUT2D eigenvalue weighted by Gasteiger charge is -2.54. The summed E-state index contributed by atoms with van der Waals surface area (Å²) in [7, 11) is 0. The van der Waals surface area contributed by atoms with Crippen molar-refractivity contribution in [1.82, 2.24) is 4.90 Å². The number of rotatable bonds is 1. The van der Waals surface area contributed by atoms with Gasteiger partial charge in [0.1, 0.15) is 0 Å². The van der Waals surface area contributed by atoms with Gasteiger partial charge in [0, 0.05) is 17.1 Å². The second kappa shape index (κ2) is 5.95. The van der Waals surface area contributed by atoms with E-state index >= 15 is 0 Å². The first-order valence-electron chi connectivity index (χ1n) is 7.88. The number of amides is 2. The van der Waals surface area contributed by atoms with Crippen molar-refractivity contribution in [3.63, 3.8) is 0 Å². The summed E-state index contributed by atoms with van der Waals surface area (Å²) in [6.07, 6.45) is -3.35. The number of hydrogen-bond acceptors (Lipinski definition) is 2. The number of piperidine rings is 1. The van der Waals surface area contributed by atoms with E-state index in [1.165, 1.54) is 18.2 Å². The van der Waals surface area contributed by atoms with E-state index in [2.05, 4.69) is 5.32 Å². The van der Waals surface area contributed by atoms with Crippen LogP contribution in [0.1, 0.15) is 46.1 Å². The Morgan fingerprint density at radius 3 is 2.17 bits per heavy atom. The van der Waals surface area contributed by atoms with Crippen LogP contribution in [0.4, 0.5) is 23.7 Å². The average molecular weight is 343 g/mol. The predicted molar refractivity (Wildman–Crippen MR) is 87.7 cm³/mol. The zero-order valence-corrected chi connectivity index (χ0v) is 14.4. The molecule has 1 heterocycles. The molecule has 24 heavy (non-hydrogen) atoms. The average Bonchev–Trinajstić information content (AvgIpc) is 2.33. The van der Waals surface area contributed by atoms with Crippen LogP contribution < -0.4 is 11.1 Å². The SMILES string of the molecule is CC1(C)CC(N)CC(C)(C)N1C(=O)Nc1ccccc1C(F)(F)F. The number of benzene rings is 1. The van der Waals surface area contributed by atoms with E-state index in [1.54, 1.807) is 4.90 Å². The number of para-hydroxylation sites is 1. The minimum absolute atomic E-state index is 0.0542. The summed E-state index contributed by atoms with van der Waals surface area (Å²) < 4.78 is 39.3. The van der Waals surface area contributed by atoms with Crippen LogP contribution in [-0.4, -0.2) is 28.1 Å². The van der Waals surface area contributed by atoms with Crippen LogP contribution in [0.25, 0.3) is 0 Å². The third kappa shape index (κ3) is 3.66. The summed E-state index contributed by atoms with van der Waals surface area (Å²) in [6.45, 7) is 7.51. The number of carbonyl (C=O) groups excluding carboxylic acids is 1. The predicted octanol–water partition coefficient (Wildman–Crippen LogP) is 4.22. The molecular weight excluding hydrogens is 319 g/mol. The van der Waals surface area contributed by atoms with Gasteiger partial charge >= 0.3 is 12.2 Å². The maximum Gasteiger partial charge on any atom is 0.418 e. The van der Waals surface area contributed by atoms with Crippen molar-refractivity contribution >= 4 is 11.7 Å². The normalized spacial score (nSPS) is 20.8. The second-order valence-electron chi connectivity index (χ2n) is 7.60. The number of nitrogens with one attached hydrogen (secondary N) is 1. The molecular formula is C17H24F3N3O. The fraction of sp³-hybridized carbons (Fsp3) is 0.588. The van der Waals surface area contributed by atoms with E-state index in [-0.39, 0.29) is 11.7 Å². The number of hydrogen-bond donors (Lipinski definition) is 2. The van der Waals surface area contributed by atoms with Crippen molar-refractivity contribution in [1.29, 1.82) is 0 Å². The number of carbonyl (C=O) groups is 1. The van der Waals surface area contributed by atoms with E-state index in [0.29, 0.717) is 12.8 Å². The molecule has 2 amide bonds. The van der Waals surface area contributed by atoms with Crippen molar-refractivity contribution in [3.05, 3.63) is 29.8 Å². The van der Waals surface area contributed by atoms with E-state index in [9.17, 15) is 18.0 Å². The Kier molecular flexibility index (Phi) is 4.61. The largest absolute Gasteiger partial charge is 0.418 e. The first kappa shape index (κ1) is 18.6. The van der Waals surface area contributed by atoms with Gasteiger partial charge in [0.05, 0.1) is 11.3 Å². The van der Waals surface area contributed by atoms with Crippen LogP contribution >= 0.6 is 0 Å². The first-order chi connectivity index (χ1) is 10.8. The molecule has 0 atom stereocenters. The van der Waals surface area contributed by atoms with Gasteiger partial charge in [0.15, 0.2) is 0 Å². The minimum Gasteiger partial charge on any atom is -0.328 e. The molecule has 0 bridgehead atoms. The van der Waals surface area contributed by atoms with Gasteiger partial charge in [-0.25, -0.2) is 4.79 Å². The van der Waals surface area contributed by atoms with Gasteiger partial charge < -0.3 is 16.0 Å². The van der Waals surface area contributed by atoms with Crippen molar-refractivity contribution in [2.24, 2.45) is 5.73 Å². The highest BCUT2D eigenvalue weighted by Gasteiger charge is 2.47. The molecule has 0 radical (unpaired) electrons. The van der Waals surface area contributed by atoms with Crippen LogP contribution in [0.15, 0.2) is 24.3 Å². The Bertz CT molecular complexity index is 608. The summed E-state index contributed by atoms with van der Waals surface area (Å²) in [5.74, 6) is 0. The standard InChI is InChI=1S/C17H24F3N3O/c1-15(2)9-11(21)10-16(3,4)23(15)14(24)22-13-8-6-5-7-12(13)17(18,19)20/h5-8,11H,9-10,21H2,1-4H3,(H,22,24). The van der Waals surface area contributed by atoms with E-state index < -0.39 is 28.8 Å². The molecule has 0 saturated carbocycles. The van der Waals surface area contributed by atoms with Crippen molar-refractivity contribution < 1.29 is 18.0 Å². The van der Waals surface area contributed by atoms with Gasteiger partial charge in [-0.05, 0) is 52.7 Å². The molecule has 1 fully saturated rings. The van der Waals surface area contributed by atoms with Crippen molar-refractivity contribution in [2.75, 3.05) is 5.32 Å². The van der Waals surface area contributed by atoms with Crippen molar-refractivity contribution in [2.45, 2.75) is 63.8 Å². The summed E-state index contributed by atoms with van der Waals surface area (Å²) in [4.78, 5) is 14.4. The lowest BCUT2D eigenvalue weighted by molar-refractivity contribution is -0.136. The zero-order chi connectivity index (χ0) is 18.3. The maximum atomic E-state index is 13.1. The molecule has 0 spiro atoms. The van der Waals surface area contributed by atoms with Gasteiger partial charge in [-0.2, -0.15) is 13.2 Å². The lowest BCUT2D eigenvalue weighted by atomic mass is 9.77. The number of nitrogens with zero attached hydrogens (tertiary/aromatic N) is 1. The fourth-order valence-electron chi connectivity index (χ4n) is 3.92. The number of nitrogens with two attached hydrogens (primary N) is 1. The smallest absolute Gasteiger partial charge is 0.328 e. The summed E-state index contributed by atoms with van der Waals surface area (Å²) in [5, 5.41) is 2.44. The summed E-state index contributed by atoms with van der Waals surface area (Å²) in [5.41, 5.74) is 3.86. The molecule has 1 aromatic carbocycles. The number of alkyl halides is 3. The molecule has 1 aliphatic heterocycles. The lowest BCUT2D eigenvalue weighted by Crippen LogP contribution is -2.66.